The summed E-state index contributed by atoms with van der Waals surface area (Å²) in [6, 6.07) is 1.08. The van der Waals surface area contributed by atoms with Crippen LogP contribution in [0.25, 0.3) is 0 Å². The maximum absolute atomic E-state index is 13.0. The maximum atomic E-state index is 13.0. The summed E-state index contributed by atoms with van der Waals surface area (Å²) < 4.78 is 17.4. The van der Waals surface area contributed by atoms with Crippen molar-refractivity contribution in [2.45, 2.75) is 57.3 Å². The van der Waals surface area contributed by atoms with Gasteiger partial charge in [0.15, 0.2) is 0 Å². The molecule has 0 aromatic rings. The number of likely N-dealkylation sites (N-methyl/N-ethyl adjacent to an activating group) is 2. The zero-order valence-electron chi connectivity index (χ0n) is 10.3. The molecule has 2 aliphatic rings. The van der Waals surface area contributed by atoms with Gasteiger partial charge in [0.2, 0.25) is 7.44 Å². The van der Waals surface area contributed by atoms with Crippen LogP contribution in [0.5, 0.6) is 0 Å². The molecule has 0 aromatic carbocycles. The van der Waals surface area contributed by atoms with Gasteiger partial charge >= 0.3 is 0 Å². The summed E-state index contributed by atoms with van der Waals surface area (Å²) in [6.07, 6.45) is 5.05. The molecule has 1 heterocycles. The molecule has 4 heteroatoms. The maximum Gasteiger partial charge on any atom is 0.219 e. The van der Waals surface area contributed by atoms with Gasteiger partial charge in [0.25, 0.3) is 0 Å². The Kier molecular flexibility index (Phi) is 3.00. The molecule has 2 atom stereocenters. The van der Waals surface area contributed by atoms with Crippen molar-refractivity contribution in [2.24, 2.45) is 0 Å². The van der Waals surface area contributed by atoms with E-state index in [4.69, 9.17) is 0 Å². The van der Waals surface area contributed by atoms with E-state index < -0.39 is 7.44 Å². The Labute approximate surface area is 93.3 Å². The first-order valence-electron chi connectivity index (χ1n) is 6.06. The second-order valence-corrected chi connectivity index (χ2v) is 8.72. The highest BCUT2D eigenvalue weighted by molar-refractivity contribution is 7.60. The van der Waals surface area contributed by atoms with Crippen molar-refractivity contribution in [3.63, 3.8) is 0 Å². The van der Waals surface area contributed by atoms with Crippen LogP contribution in [0.4, 0.5) is 0 Å². The van der Waals surface area contributed by atoms with Crippen LogP contribution in [0.15, 0.2) is 0 Å². The van der Waals surface area contributed by atoms with Crippen molar-refractivity contribution < 1.29 is 4.57 Å². The van der Waals surface area contributed by atoms with Gasteiger partial charge in [-0.05, 0) is 26.9 Å². The van der Waals surface area contributed by atoms with E-state index in [1.807, 2.05) is 0 Å². The van der Waals surface area contributed by atoms with E-state index in [1.165, 1.54) is 25.7 Å². The van der Waals surface area contributed by atoms with Gasteiger partial charge in [-0.1, -0.05) is 26.7 Å². The number of fused-ring (bicyclic) bond motifs is 1. The van der Waals surface area contributed by atoms with E-state index in [0.717, 1.165) is 0 Å². The first kappa shape index (κ1) is 11.6. The molecule has 1 aliphatic carbocycles. The summed E-state index contributed by atoms with van der Waals surface area (Å²) in [4.78, 5) is 0. The quantitative estimate of drug-likeness (QED) is 0.647. The molecule has 3 nitrogen and oxygen atoms in total. The highest BCUT2D eigenvalue weighted by Gasteiger charge is 2.52. The molecule has 0 unspecified atom stereocenters. The van der Waals surface area contributed by atoms with Gasteiger partial charge in [-0.3, -0.25) is 4.57 Å². The van der Waals surface area contributed by atoms with Crippen LogP contribution in [0, 0.1) is 0 Å². The Hall–Kier alpha value is 0.150. The number of nitrogens with zero attached hydrogens (tertiary/aromatic N) is 2. The summed E-state index contributed by atoms with van der Waals surface area (Å²) in [5.74, 6) is 0. The summed E-state index contributed by atoms with van der Waals surface area (Å²) in [5.41, 5.74) is 0.248. The Morgan fingerprint density at radius 3 is 1.80 bits per heavy atom. The number of rotatable bonds is 1. The molecular formula is C11H23N2OP. The molecule has 1 saturated heterocycles. The second kappa shape index (κ2) is 3.87. The molecule has 0 N–H and O–H groups in total. The third-order valence-corrected chi connectivity index (χ3v) is 7.98. The largest absolute Gasteiger partial charge is 0.289 e. The molecule has 0 aromatic heterocycles. The lowest BCUT2D eigenvalue weighted by Gasteiger charge is -2.30. The lowest BCUT2D eigenvalue weighted by molar-refractivity contribution is 0.233. The molecule has 2 rings (SSSR count). The predicted molar refractivity (Wildman–Crippen MR) is 64.3 cm³/mol. The lowest BCUT2D eigenvalue weighted by atomic mass is 9.91. The van der Waals surface area contributed by atoms with E-state index in [2.05, 4.69) is 37.3 Å². The molecule has 15 heavy (non-hydrogen) atoms. The minimum Gasteiger partial charge on any atom is -0.289 e. The number of hydrogen-bond donors (Lipinski definition) is 0. The molecule has 1 saturated carbocycles. The van der Waals surface area contributed by atoms with E-state index in [9.17, 15) is 4.57 Å². The van der Waals surface area contributed by atoms with Crippen LogP contribution in [0.2, 0.25) is 0 Å². The Morgan fingerprint density at radius 1 is 1.07 bits per heavy atom. The summed E-state index contributed by atoms with van der Waals surface area (Å²) >= 11 is 0. The standard InChI is InChI=1S/C11H23N2OP/c1-9(2)15(14)12(3)10-7-5-6-8-11(10)13(15)4/h9-11H,5-8H2,1-4H3/t10-,11-/m1/s1. The fourth-order valence-electron chi connectivity index (χ4n) is 3.34. The normalized spacial score (nSPS) is 37.1. The average Bonchev–Trinajstić information content (AvgIpc) is 2.43. The predicted octanol–water partition coefficient (Wildman–Crippen LogP) is 2.78. The van der Waals surface area contributed by atoms with E-state index in [1.54, 1.807) is 0 Å². The fourth-order valence-corrected chi connectivity index (χ4v) is 6.63. The van der Waals surface area contributed by atoms with Gasteiger partial charge in [0.05, 0.1) is 0 Å². The molecule has 0 bridgehead atoms. The van der Waals surface area contributed by atoms with E-state index in [-0.39, 0.29) is 5.66 Å². The van der Waals surface area contributed by atoms with Crippen LogP contribution < -0.4 is 0 Å². The summed E-state index contributed by atoms with van der Waals surface area (Å²) in [7, 11) is 1.86. The fraction of sp³-hybridized carbons (Fsp3) is 1.00. The summed E-state index contributed by atoms with van der Waals surface area (Å²) in [6.45, 7) is 4.18. The molecule has 0 radical (unpaired) electrons. The van der Waals surface area contributed by atoms with Gasteiger partial charge in [-0.25, -0.2) is 9.34 Å². The van der Waals surface area contributed by atoms with Crippen LogP contribution in [0.1, 0.15) is 39.5 Å². The van der Waals surface area contributed by atoms with Crippen LogP contribution in [-0.4, -0.2) is 41.2 Å². The van der Waals surface area contributed by atoms with Crippen molar-refractivity contribution in [1.29, 1.82) is 0 Å². The molecular weight excluding hydrogens is 207 g/mol. The van der Waals surface area contributed by atoms with Gasteiger partial charge < -0.3 is 0 Å². The zero-order chi connectivity index (χ0) is 11.2. The molecule has 0 amide bonds. The first-order valence-corrected chi connectivity index (χ1v) is 7.74. The highest BCUT2D eigenvalue weighted by Crippen LogP contribution is 2.64. The van der Waals surface area contributed by atoms with Crippen LogP contribution in [-0.2, 0) is 4.57 Å². The van der Waals surface area contributed by atoms with Crippen molar-refractivity contribution in [2.75, 3.05) is 14.1 Å². The molecule has 0 spiro atoms. The van der Waals surface area contributed by atoms with Crippen LogP contribution in [0.3, 0.4) is 0 Å². The van der Waals surface area contributed by atoms with Gasteiger partial charge in [0, 0.05) is 17.7 Å². The van der Waals surface area contributed by atoms with Gasteiger partial charge in [-0.2, -0.15) is 0 Å². The van der Waals surface area contributed by atoms with Gasteiger partial charge in [-0.15, -0.1) is 0 Å². The lowest BCUT2D eigenvalue weighted by Crippen LogP contribution is -2.37. The Balaban J connectivity index is 2.32. The topological polar surface area (TPSA) is 23.6 Å². The monoisotopic (exact) mass is 230 g/mol. The van der Waals surface area contributed by atoms with Crippen molar-refractivity contribution >= 4 is 7.44 Å². The minimum atomic E-state index is -2.26. The number of hydrogen-bond acceptors (Lipinski definition) is 1. The van der Waals surface area contributed by atoms with Gasteiger partial charge in [0.1, 0.15) is 0 Å². The molecule has 88 valence electrons. The van der Waals surface area contributed by atoms with E-state index in [0.29, 0.717) is 12.1 Å². The zero-order valence-corrected chi connectivity index (χ0v) is 11.2. The molecule has 1 aliphatic heterocycles. The van der Waals surface area contributed by atoms with Crippen molar-refractivity contribution in [3.8, 4) is 0 Å². The third kappa shape index (κ3) is 1.51. The second-order valence-electron chi connectivity index (χ2n) is 5.25. The highest BCUT2D eigenvalue weighted by atomic mass is 31.2. The Morgan fingerprint density at radius 2 is 1.47 bits per heavy atom. The smallest absolute Gasteiger partial charge is 0.219 e. The SMILES string of the molecule is CC(C)P1(=O)N(C)[C@@H]2CCCC[C@H]2N1C. The Bertz CT molecular complexity index is 270. The van der Waals surface area contributed by atoms with Crippen molar-refractivity contribution in [3.05, 3.63) is 0 Å². The van der Waals surface area contributed by atoms with Crippen LogP contribution >= 0.6 is 7.44 Å². The van der Waals surface area contributed by atoms with Crippen molar-refractivity contribution in [1.82, 2.24) is 9.34 Å². The minimum absolute atomic E-state index is 0.248. The molecule has 2 fully saturated rings. The first-order chi connectivity index (χ1) is 6.99. The average molecular weight is 230 g/mol. The summed E-state index contributed by atoms with van der Waals surface area (Å²) in [5, 5.41) is 0. The third-order valence-electron chi connectivity index (χ3n) is 4.23. The van der Waals surface area contributed by atoms with E-state index >= 15 is 0 Å².